The van der Waals surface area contributed by atoms with Crippen LogP contribution in [0.2, 0.25) is 5.15 Å². The van der Waals surface area contributed by atoms with Crippen molar-refractivity contribution in [1.29, 1.82) is 0 Å². The molecule has 4 aromatic rings. The second-order valence-electron chi connectivity index (χ2n) is 6.36. The van der Waals surface area contributed by atoms with Gasteiger partial charge in [-0.2, -0.15) is 10.1 Å². The number of hydrogen-bond donors (Lipinski definition) is 3. The van der Waals surface area contributed by atoms with E-state index in [0.717, 1.165) is 35.5 Å². The maximum Gasteiger partial charge on any atom is 0.228 e. The first-order chi connectivity index (χ1) is 13.8. The second kappa shape index (κ2) is 7.10. The fourth-order valence-electron chi connectivity index (χ4n) is 3.15. The predicted octanol–water partition coefficient (Wildman–Crippen LogP) is 2.98. The quantitative estimate of drug-likeness (QED) is 0.455. The summed E-state index contributed by atoms with van der Waals surface area (Å²) in [6.07, 6.45) is 1.69. The molecule has 0 amide bonds. The Morgan fingerprint density at radius 2 is 1.96 bits per heavy atom. The van der Waals surface area contributed by atoms with Gasteiger partial charge < -0.3 is 19.9 Å². The number of anilines is 3. The van der Waals surface area contributed by atoms with Gasteiger partial charge in [0.05, 0.1) is 36.1 Å². The molecule has 0 radical (unpaired) electrons. The number of fused-ring (bicyclic) bond motifs is 1. The number of nitrogens with one attached hydrogen (secondary N) is 3. The fraction of sp³-hybridized carbons (Fsp3) is 0.222. The summed E-state index contributed by atoms with van der Waals surface area (Å²) in [6, 6.07) is 9.54. The number of rotatable bonds is 4. The van der Waals surface area contributed by atoms with Crippen molar-refractivity contribution in [2.45, 2.75) is 0 Å². The molecule has 0 saturated carbocycles. The van der Waals surface area contributed by atoms with E-state index in [1.165, 1.54) is 0 Å². The average molecular weight is 397 g/mol. The minimum absolute atomic E-state index is 0.368. The molecule has 142 valence electrons. The molecule has 3 aromatic heterocycles. The molecule has 0 unspecified atom stereocenters. The number of H-pyrrole nitrogens is 2. The molecule has 1 aromatic carbocycles. The SMILES string of the molecule is Clc1cc(Nc2cn[nH]c2-c2nc3ccccc3[nH]2)nc(N2CCOCC2)n1. The van der Waals surface area contributed by atoms with Gasteiger partial charge in [-0.1, -0.05) is 23.7 Å². The number of morpholine rings is 1. The minimum atomic E-state index is 0.368. The molecule has 28 heavy (non-hydrogen) atoms. The van der Waals surface area contributed by atoms with Crippen molar-refractivity contribution in [3.8, 4) is 11.5 Å². The molecule has 3 N–H and O–H groups in total. The summed E-state index contributed by atoms with van der Waals surface area (Å²) in [5.41, 5.74) is 3.32. The lowest BCUT2D eigenvalue weighted by Crippen LogP contribution is -2.37. The molecular weight excluding hydrogens is 380 g/mol. The van der Waals surface area contributed by atoms with Gasteiger partial charge in [0.25, 0.3) is 0 Å². The number of benzene rings is 1. The zero-order chi connectivity index (χ0) is 18.9. The zero-order valence-corrected chi connectivity index (χ0v) is 15.6. The van der Waals surface area contributed by atoms with Crippen LogP contribution in [0.3, 0.4) is 0 Å². The summed E-state index contributed by atoms with van der Waals surface area (Å²) < 4.78 is 5.39. The van der Waals surface area contributed by atoms with E-state index in [4.69, 9.17) is 16.3 Å². The Hall–Kier alpha value is -3.17. The molecule has 0 spiro atoms. The maximum atomic E-state index is 6.23. The molecule has 1 saturated heterocycles. The van der Waals surface area contributed by atoms with Crippen molar-refractivity contribution in [2.24, 2.45) is 0 Å². The summed E-state index contributed by atoms with van der Waals surface area (Å²) in [4.78, 5) is 18.9. The molecule has 0 aliphatic carbocycles. The predicted molar refractivity (Wildman–Crippen MR) is 107 cm³/mol. The van der Waals surface area contributed by atoms with E-state index >= 15 is 0 Å². The van der Waals surface area contributed by atoms with Crippen LogP contribution in [0, 0.1) is 0 Å². The molecular formula is C18H17ClN8O. The van der Waals surface area contributed by atoms with Crippen molar-refractivity contribution in [1.82, 2.24) is 30.1 Å². The van der Waals surface area contributed by atoms with E-state index in [2.05, 4.69) is 40.3 Å². The van der Waals surface area contributed by atoms with Gasteiger partial charge in [0.1, 0.15) is 16.7 Å². The van der Waals surface area contributed by atoms with E-state index < -0.39 is 0 Å². The van der Waals surface area contributed by atoms with E-state index in [1.807, 2.05) is 24.3 Å². The summed E-state index contributed by atoms with van der Waals surface area (Å²) in [7, 11) is 0. The first-order valence-corrected chi connectivity index (χ1v) is 9.27. The van der Waals surface area contributed by atoms with E-state index in [9.17, 15) is 0 Å². The summed E-state index contributed by atoms with van der Waals surface area (Å²) in [5.74, 6) is 1.85. The maximum absolute atomic E-state index is 6.23. The van der Waals surface area contributed by atoms with Crippen molar-refractivity contribution in [3.63, 3.8) is 0 Å². The largest absolute Gasteiger partial charge is 0.378 e. The molecule has 0 atom stereocenters. The van der Waals surface area contributed by atoms with Gasteiger partial charge in [-0.3, -0.25) is 5.10 Å². The lowest BCUT2D eigenvalue weighted by atomic mass is 10.3. The highest BCUT2D eigenvalue weighted by Gasteiger charge is 2.17. The lowest BCUT2D eigenvalue weighted by molar-refractivity contribution is 0.122. The first kappa shape index (κ1) is 17.0. The second-order valence-corrected chi connectivity index (χ2v) is 6.75. The Morgan fingerprint density at radius 3 is 2.82 bits per heavy atom. The molecule has 1 aliphatic rings. The van der Waals surface area contributed by atoms with Gasteiger partial charge in [-0.05, 0) is 12.1 Å². The summed E-state index contributed by atoms with van der Waals surface area (Å²) in [6.45, 7) is 2.76. The smallest absolute Gasteiger partial charge is 0.228 e. The van der Waals surface area contributed by atoms with Crippen LogP contribution in [0.1, 0.15) is 0 Å². The Bertz CT molecular complexity index is 1080. The van der Waals surface area contributed by atoms with Crippen LogP contribution in [0.15, 0.2) is 36.5 Å². The van der Waals surface area contributed by atoms with Crippen LogP contribution >= 0.6 is 11.6 Å². The molecule has 9 nitrogen and oxygen atoms in total. The molecule has 4 heterocycles. The van der Waals surface area contributed by atoms with E-state index in [0.29, 0.717) is 36.0 Å². The molecule has 1 fully saturated rings. The number of nitrogens with zero attached hydrogens (tertiary/aromatic N) is 5. The fourth-order valence-corrected chi connectivity index (χ4v) is 3.32. The van der Waals surface area contributed by atoms with Crippen molar-refractivity contribution in [2.75, 3.05) is 36.5 Å². The minimum Gasteiger partial charge on any atom is -0.378 e. The molecule has 1 aliphatic heterocycles. The normalized spacial score (nSPS) is 14.5. The van der Waals surface area contributed by atoms with Crippen molar-refractivity contribution in [3.05, 3.63) is 41.7 Å². The van der Waals surface area contributed by atoms with Crippen molar-refractivity contribution >= 4 is 40.1 Å². The van der Waals surface area contributed by atoms with Crippen molar-refractivity contribution < 1.29 is 4.74 Å². The molecule has 0 bridgehead atoms. The van der Waals surface area contributed by atoms with Crippen LogP contribution in [-0.4, -0.2) is 56.4 Å². The highest BCUT2D eigenvalue weighted by molar-refractivity contribution is 6.29. The number of aromatic nitrogens is 6. The first-order valence-electron chi connectivity index (χ1n) is 8.89. The summed E-state index contributed by atoms with van der Waals surface area (Å²) >= 11 is 6.23. The Balaban J connectivity index is 1.46. The number of aromatic amines is 2. The van der Waals surface area contributed by atoms with Gasteiger partial charge in [0.15, 0.2) is 5.82 Å². The lowest BCUT2D eigenvalue weighted by Gasteiger charge is -2.27. The van der Waals surface area contributed by atoms with Gasteiger partial charge in [0.2, 0.25) is 5.95 Å². The van der Waals surface area contributed by atoms with Gasteiger partial charge in [-0.25, -0.2) is 9.97 Å². The number of imidazole rings is 1. The van der Waals surface area contributed by atoms with Crippen LogP contribution in [0.4, 0.5) is 17.5 Å². The third-order valence-electron chi connectivity index (χ3n) is 4.51. The van der Waals surface area contributed by atoms with Crippen LogP contribution < -0.4 is 10.2 Å². The van der Waals surface area contributed by atoms with Crippen LogP contribution in [0.5, 0.6) is 0 Å². The third-order valence-corrected chi connectivity index (χ3v) is 4.70. The number of ether oxygens (including phenoxy) is 1. The van der Waals surface area contributed by atoms with Crippen LogP contribution in [0.25, 0.3) is 22.6 Å². The topological polar surface area (TPSA) is 108 Å². The summed E-state index contributed by atoms with van der Waals surface area (Å²) in [5, 5.41) is 10.8. The van der Waals surface area contributed by atoms with E-state index in [-0.39, 0.29) is 0 Å². The monoisotopic (exact) mass is 396 g/mol. The Morgan fingerprint density at radius 1 is 1.11 bits per heavy atom. The highest BCUT2D eigenvalue weighted by atomic mass is 35.5. The highest BCUT2D eigenvalue weighted by Crippen LogP contribution is 2.28. The standard InChI is InChI=1S/C18H17ClN8O/c19-14-9-15(25-18(24-14)27-5-7-28-8-6-27)21-13-10-20-26-16(13)17-22-11-3-1-2-4-12(11)23-17/h1-4,9-10H,5-8H2,(H,20,26)(H,22,23)(H,21,24,25). The third kappa shape index (κ3) is 3.25. The Labute approximate surface area is 165 Å². The Kier molecular flexibility index (Phi) is 4.30. The van der Waals surface area contributed by atoms with Gasteiger partial charge in [0, 0.05) is 19.2 Å². The number of halogens is 1. The molecule has 10 heteroatoms. The van der Waals surface area contributed by atoms with Gasteiger partial charge >= 0.3 is 0 Å². The van der Waals surface area contributed by atoms with E-state index in [1.54, 1.807) is 12.3 Å². The van der Waals surface area contributed by atoms with Crippen LogP contribution in [-0.2, 0) is 4.74 Å². The average Bonchev–Trinajstić information content (AvgIpc) is 3.34. The zero-order valence-electron chi connectivity index (χ0n) is 14.8. The molecule has 5 rings (SSSR count). The van der Waals surface area contributed by atoms with Gasteiger partial charge in [-0.15, -0.1) is 0 Å². The number of hydrogen-bond acceptors (Lipinski definition) is 7. The number of para-hydroxylation sites is 2.